The first-order chi connectivity index (χ1) is 17.2. The van der Waals surface area contributed by atoms with Gasteiger partial charge in [-0.2, -0.15) is 0 Å². The van der Waals surface area contributed by atoms with Crippen LogP contribution < -0.4 is 0 Å². The minimum absolute atomic E-state index is 0.0677. The van der Waals surface area contributed by atoms with Crippen molar-refractivity contribution in [2.75, 3.05) is 0 Å². The molecule has 2 aliphatic carbocycles. The van der Waals surface area contributed by atoms with Gasteiger partial charge in [0.15, 0.2) is 0 Å². The molecular weight excluding hydrogens is 468 g/mol. The predicted octanol–water partition coefficient (Wildman–Crippen LogP) is 1.45. The van der Waals surface area contributed by atoms with Gasteiger partial charge in [-0.05, 0) is 49.7 Å². The molecule has 2 saturated carbocycles. The molecule has 0 aromatic heterocycles. The molecule has 0 spiro atoms. The molecule has 2 saturated heterocycles. The van der Waals surface area contributed by atoms with Gasteiger partial charge < -0.3 is 20.2 Å². The number of nitrogens with zero attached hydrogens (tertiary/aromatic N) is 2. The zero-order valence-electron chi connectivity index (χ0n) is 19.8. The van der Waals surface area contributed by atoms with Crippen molar-refractivity contribution in [1.29, 1.82) is 0 Å². The van der Waals surface area contributed by atoms with Crippen molar-refractivity contribution < 1.29 is 39.3 Å². The number of hydrogen-bond acceptors (Lipinski definition) is 6. The van der Waals surface area contributed by atoms with Crippen molar-refractivity contribution in [2.24, 2.45) is 35.5 Å². The summed E-state index contributed by atoms with van der Waals surface area (Å²) >= 11 is 0. The number of benzene rings is 1. The molecular formula is C26H30N2O8. The fraction of sp³-hybridized carbons (Fsp3) is 0.577. The minimum atomic E-state index is -0.979. The van der Waals surface area contributed by atoms with E-state index in [0.717, 1.165) is 5.56 Å². The van der Waals surface area contributed by atoms with E-state index in [9.17, 15) is 39.3 Å². The summed E-state index contributed by atoms with van der Waals surface area (Å²) in [5.41, 5.74) is 1.43. The summed E-state index contributed by atoms with van der Waals surface area (Å²) in [4.78, 5) is 64.3. The number of aliphatic hydroxyl groups excluding tert-OH is 1. The summed E-state index contributed by atoms with van der Waals surface area (Å²) in [6.45, 7) is 0.213. The Morgan fingerprint density at radius 2 is 1.36 bits per heavy atom. The van der Waals surface area contributed by atoms with Crippen LogP contribution in [0.4, 0.5) is 0 Å². The van der Waals surface area contributed by atoms with Crippen LogP contribution in [0, 0.1) is 35.5 Å². The summed E-state index contributed by atoms with van der Waals surface area (Å²) in [6, 6.07) is 7.15. The molecule has 1 aromatic rings. The monoisotopic (exact) mass is 498 g/mol. The van der Waals surface area contributed by atoms with E-state index in [1.807, 2.05) is 0 Å². The number of carboxylic acids is 2. The van der Waals surface area contributed by atoms with Crippen molar-refractivity contribution in [3.05, 3.63) is 35.4 Å². The number of aliphatic carboxylic acids is 2. The van der Waals surface area contributed by atoms with Crippen LogP contribution in [0.25, 0.3) is 0 Å². The van der Waals surface area contributed by atoms with E-state index in [1.54, 1.807) is 24.3 Å². The Morgan fingerprint density at radius 3 is 2.03 bits per heavy atom. The van der Waals surface area contributed by atoms with E-state index >= 15 is 0 Å². The second kappa shape index (κ2) is 9.31. The van der Waals surface area contributed by atoms with Gasteiger partial charge in [-0.3, -0.25) is 28.9 Å². The highest BCUT2D eigenvalue weighted by Gasteiger charge is 2.52. The number of likely N-dealkylation sites (tertiary alicyclic amines) is 2. The van der Waals surface area contributed by atoms with Gasteiger partial charge >= 0.3 is 11.9 Å². The molecule has 4 aliphatic rings. The highest BCUT2D eigenvalue weighted by atomic mass is 16.4. The van der Waals surface area contributed by atoms with Crippen molar-refractivity contribution in [3.8, 4) is 0 Å². The van der Waals surface area contributed by atoms with Crippen molar-refractivity contribution >= 4 is 29.7 Å². The summed E-state index contributed by atoms with van der Waals surface area (Å²) in [5.74, 6) is -5.71. The molecule has 10 nitrogen and oxygen atoms in total. The third-order valence-electron chi connectivity index (χ3n) is 8.61. The van der Waals surface area contributed by atoms with E-state index in [1.165, 1.54) is 9.80 Å². The third-order valence-corrected chi connectivity index (χ3v) is 8.61. The fourth-order valence-corrected chi connectivity index (χ4v) is 6.64. The molecule has 10 heteroatoms. The molecule has 0 bridgehead atoms. The Bertz CT molecular complexity index is 1120. The summed E-state index contributed by atoms with van der Waals surface area (Å²) < 4.78 is 0. The van der Waals surface area contributed by atoms with E-state index in [4.69, 9.17) is 0 Å². The number of rotatable bonds is 6. The number of aliphatic hydroxyl groups is 1. The summed E-state index contributed by atoms with van der Waals surface area (Å²) in [6.07, 6.45) is 1.14. The number of imide groups is 1. The third kappa shape index (κ3) is 4.17. The van der Waals surface area contributed by atoms with Crippen LogP contribution in [-0.2, 0) is 37.1 Å². The Labute approximate surface area is 207 Å². The minimum Gasteiger partial charge on any atom is -0.481 e. The summed E-state index contributed by atoms with van der Waals surface area (Å²) in [7, 11) is 0. The highest BCUT2D eigenvalue weighted by molar-refractivity contribution is 6.05. The molecule has 5 rings (SSSR count). The molecule has 3 amide bonds. The van der Waals surface area contributed by atoms with Crippen molar-refractivity contribution in [1.82, 2.24) is 9.80 Å². The standard InChI is InChI=1S/C26H30N2O8/c29-21-17-6-4-15(25(33)34)9-19(17)23(31)27(21)11-13-2-1-3-14(8-13)12-28-22(30)18-7-5-16(26(35)36)10-20(18)24(28)32/h1-3,8,15-21,29H,4-7,9-12H2,(H,33,34)(H,35,36). The molecule has 7 atom stereocenters. The fourth-order valence-electron chi connectivity index (χ4n) is 6.64. The van der Waals surface area contributed by atoms with Gasteiger partial charge in [0.25, 0.3) is 0 Å². The number of fused-ring (bicyclic) bond motifs is 2. The lowest BCUT2D eigenvalue weighted by Gasteiger charge is -2.28. The molecule has 3 N–H and O–H groups in total. The second-order valence-corrected chi connectivity index (χ2v) is 10.6. The number of hydrogen-bond donors (Lipinski definition) is 3. The van der Waals surface area contributed by atoms with Gasteiger partial charge in [0.05, 0.1) is 30.2 Å². The maximum atomic E-state index is 13.0. The lowest BCUT2D eigenvalue weighted by molar-refractivity contribution is -0.146. The number of carbonyl (C=O) groups excluding carboxylic acids is 3. The molecule has 1 aromatic carbocycles. The first kappa shape index (κ1) is 24.4. The van der Waals surface area contributed by atoms with Crippen molar-refractivity contribution in [3.63, 3.8) is 0 Å². The smallest absolute Gasteiger partial charge is 0.306 e. The lowest BCUT2D eigenvalue weighted by Crippen LogP contribution is -2.34. The average Bonchev–Trinajstić information content (AvgIpc) is 3.24. The molecule has 2 aliphatic heterocycles. The molecule has 0 radical (unpaired) electrons. The van der Waals surface area contributed by atoms with Crippen molar-refractivity contribution in [2.45, 2.75) is 57.8 Å². The van der Waals surface area contributed by atoms with Crippen LogP contribution in [0.5, 0.6) is 0 Å². The van der Waals surface area contributed by atoms with Gasteiger partial charge in [0.1, 0.15) is 6.23 Å². The zero-order valence-corrected chi connectivity index (χ0v) is 19.8. The Balaban J connectivity index is 1.27. The Kier molecular flexibility index (Phi) is 6.32. The number of carbonyl (C=O) groups is 5. The highest BCUT2D eigenvalue weighted by Crippen LogP contribution is 2.44. The van der Waals surface area contributed by atoms with Gasteiger partial charge in [0, 0.05) is 18.4 Å². The van der Waals surface area contributed by atoms with Gasteiger partial charge in [-0.1, -0.05) is 24.3 Å². The first-order valence-corrected chi connectivity index (χ1v) is 12.5. The van der Waals surface area contributed by atoms with Crippen LogP contribution >= 0.6 is 0 Å². The topological polar surface area (TPSA) is 153 Å². The molecule has 7 unspecified atom stereocenters. The van der Waals surface area contributed by atoms with Crippen LogP contribution in [0.2, 0.25) is 0 Å². The second-order valence-electron chi connectivity index (χ2n) is 10.6. The average molecular weight is 499 g/mol. The molecule has 36 heavy (non-hydrogen) atoms. The van der Waals surface area contributed by atoms with Crippen LogP contribution in [-0.4, -0.2) is 61.0 Å². The van der Waals surface area contributed by atoms with Crippen LogP contribution in [0.15, 0.2) is 24.3 Å². The van der Waals surface area contributed by atoms with Crippen LogP contribution in [0.3, 0.4) is 0 Å². The van der Waals surface area contributed by atoms with Crippen LogP contribution in [0.1, 0.15) is 49.7 Å². The van der Waals surface area contributed by atoms with Gasteiger partial charge in [-0.15, -0.1) is 0 Å². The zero-order chi connectivity index (χ0) is 25.7. The van der Waals surface area contributed by atoms with E-state index < -0.39 is 47.8 Å². The van der Waals surface area contributed by atoms with Gasteiger partial charge in [-0.25, -0.2) is 0 Å². The number of carboxylic acid groups (broad SMARTS) is 2. The van der Waals surface area contributed by atoms with E-state index in [0.29, 0.717) is 31.2 Å². The number of amides is 3. The Morgan fingerprint density at radius 1 is 0.778 bits per heavy atom. The quantitative estimate of drug-likeness (QED) is 0.498. The lowest BCUT2D eigenvalue weighted by atomic mass is 9.75. The Hall–Kier alpha value is -3.27. The molecule has 4 fully saturated rings. The first-order valence-electron chi connectivity index (χ1n) is 12.5. The summed E-state index contributed by atoms with van der Waals surface area (Å²) in [5, 5.41) is 29.5. The molecule has 192 valence electrons. The predicted molar refractivity (Wildman–Crippen MR) is 122 cm³/mol. The molecule has 2 heterocycles. The van der Waals surface area contributed by atoms with Gasteiger partial charge in [0.2, 0.25) is 17.7 Å². The maximum Gasteiger partial charge on any atom is 0.306 e. The SMILES string of the molecule is O=C(O)C1CCC2C(=O)N(Cc3cccc(CN4C(=O)C5CC(C(=O)O)CCC5C4O)c3)C(=O)C2C1. The maximum absolute atomic E-state index is 13.0. The van der Waals surface area contributed by atoms with E-state index in [2.05, 4.69) is 0 Å². The van der Waals surface area contributed by atoms with E-state index in [-0.39, 0.29) is 49.6 Å². The normalized spacial score (nSPS) is 34.0. The largest absolute Gasteiger partial charge is 0.481 e.